The molecule has 1 atom stereocenters. The average molecular weight is 293 g/mol. The largest absolute Gasteiger partial charge is 0.497 e. The van der Waals surface area contributed by atoms with Gasteiger partial charge in [0.15, 0.2) is 6.61 Å². The number of methoxy groups -OCH3 is 1. The molecule has 0 spiro atoms. The lowest BCUT2D eigenvalue weighted by Crippen LogP contribution is -2.36. The molecule has 1 aromatic rings. The van der Waals surface area contributed by atoms with Crippen LogP contribution in [0.25, 0.3) is 0 Å². The minimum atomic E-state index is -0.660. The SMILES string of the molecule is CCN(C(=O)COc1cc(OC)ccc1C(C)O)C1CC1. The molecule has 5 heteroatoms. The first-order valence-electron chi connectivity index (χ1n) is 7.35. The quantitative estimate of drug-likeness (QED) is 0.837. The van der Waals surface area contributed by atoms with Crippen molar-refractivity contribution in [2.24, 2.45) is 0 Å². The Balaban J connectivity index is 2.05. The fourth-order valence-corrected chi connectivity index (χ4v) is 2.36. The van der Waals surface area contributed by atoms with Crippen LogP contribution in [0.5, 0.6) is 11.5 Å². The summed E-state index contributed by atoms with van der Waals surface area (Å²) in [7, 11) is 1.57. The van der Waals surface area contributed by atoms with Crippen molar-refractivity contribution in [3.63, 3.8) is 0 Å². The number of hydrogen-bond acceptors (Lipinski definition) is 4. The van der Waals surface area contributed by atoms with Crippen molar-refractivity contribution in [3.8, 4) is 11.5 Å². The van der Waals surface area contributed by atoms with E-state index < -0.39 is 6.10 Å². The van der Waals surface area contributed by atoms with Gasteiger partial charge in [0.2, 0.25) is 0 Å². The molecule has 1 N–H and O–H groups in total. The molecular weight excluding hydrogens is 270 g/mol. The minimum absolute atomic E-state index is 0.0145. The van der Waals surface area contributed by atoms with E-state index in [0.29, 0.717) is 29.6 Å². The third-order valence-electron chi connectivity index (χ3n) is 3.67. The second-order valence-corrected chi connectivity index (χ2v) is 5.28. The van der Waals surface area contributed by atoms with Gasteiger partial charge in [-0.05, 0) is 38.8 Å². The third kappa shape index (κ3) is 3.88. The Hall–Kier alpha value is -1.75. The van der Waals surface area contributed by atoms with Crippen LogP contribution in [0.1, 0.15) is 38.4 Å². The number of ether oxygens (including phenoxy) is 2. The van der Waals surface area contributed by atoms with Crippen molar-refractivity contribution < 1.29 is 19.4 Å². The normalized spacial score (nSPS) is 15.4. The summed E-state index contributed by atoms with van der Waals surface area (Å²) in [6.07, 6.45) is 1.50. The summed E-state index contributed by atoms with van der Waals surface area (Å²) >= 11 is 0. The molecule has 116 valence electrons. The number of carbonyl (C=O) groups excluding carboxylic acids is 1. The van der Waals surface area contributed by atoms with Crippen LogP contribution in [0.4, 0.5) is 0 Å². The van der Waals surface area contributed by atoms with E-state index >= 15 is 0 Å². The summed E-state index contributed by atoms with van der Waals surface area (Å²) in [5.41, 5.74) is 0.651. The summed E-state index contributed by atoms with van der Waals surface area (Å²) in [6, 6.07) is 5.59. The number of nitrogens with zero attached hydrogens (tertiary/aromatic N) is 1. The van der Waals surface area contributed by atoms with Crippen molar-refractivity contribution in [2.45, 2.75) is 38.8 Å². The number of carbonyl (C=O) groups is 1. The second-order valence-electron chi connectivity index (χ2n) is 5.28. The number of benzene rings is 1. The number of aliphatic hydroxyl groups is 1. The van der Waals surface area contributed by atoms with Crippen LogP contribution in [0.3, 0.4) is 0 Å². The maximum absolute atomic E-state index is 12.2. The zero-order valence-electron chi connectivity index (χ0n) is 12.8. The molecule has 5 nitrogen and oxygen atoms in total. The molecule has 0 aromatic heterocycles. The van der Waals surface area contributed by atoms with Crippen molar-refractivity contribution in [1.82, 2.24) is 4.90 Å². The summed E-state index contributed by atoms with van der Waals surface area (Å²) in [6.45, 7) is 4.33. The minimum Gasteiger partial charge on any atom is -0.497 e. The molecule has 1 fully saturated rings. The highest BCUT2D eigenvalue weighted by atomic mass is 16.5. The van der Waals surface area contributed by atoms with Crippen molar-refractivity contribution >= 4 is 5.91 Å². The maximum Gasteiger partial charge on any atom is 0.260 e. The molecule has 0 radical (unpaired) electrons. The number of amides is 1. The van der Waals surface area contributed by atoms with E-state index in [1.54, 1.807) is 32.2 Å². The van der Waals surface area contributed by atoms with E-state index in [1.165, 1.54) is 0 Å². The van der Waals surface area contributed by atoms with Gasteiger partial charge in [-0.25, -0.2) is 0 Å². The molecule has 1 aromatic carbocycles. The van der Waals surface area contributed by atoms with Gasteiger partial charge in [0.1, 0.15) is 11.5 Å². The molecule has 21 heavy (non-hydrogen) atoms. The molecule has 0 aliphatic heterocycles. The van der Waals surface area contributed by atoms with E-state index in [0.717, 1.165) is 12.8 Å². The van der Waals surface area contributed by atoms with Gasteiger partial charge in [-0.2, -0.15) is 0 Å². The van der Waals surface area contributed by atoms with Gasteiger partial charge in [-0.3, -0.25) is 4.79 Å². The van der Waals surface area contributed by atoms with E-state index in [4.69, 9.17) is 9.47 Å². The Morgan fingerprint density at radius 1 is 1.48 bits per heavy atom. The molecule has 0 heterocycles. The lowest BCUT2D eigenvalue weighted by Gasteiger charge is -2.21. The average Bonchev–Trinajstić information content (AvgIpc) is 3.30. The molecule has 1 aliphatic carbocycles. The van der Waals surface area contributed by atoms with Gasteiger partial charge in [0, 0.05) is 24.2 Å². The van der Waals surface area contributed by atoms with Gasteiger partial charge >= 0.3 is 0 Å². The molecule has 0 saturated heterocycles. The van der Waals surface area contributed by atoms with Crippen LogP contribution in [0.2, 0.25) is 0 Å². The predicted octanol–water partition coefficient (Wildman–Crippen LogP) is 2.14. The zero-order valence-corrected chi connectivity index (χ0v) is 12.8. The third-order valence-corrected chi connectivity index (χ3v) is 3.67. The number of aliphatic hydroxyl groups excluding tert-OH is 1. The molecule has 1 amide bonds. The smallest absolute Gasteiger partial charge is 0.260 e. The zero-order chi connectivity index (χ0) is 15.4. The first-order chi connectivity index (χ1) is 10.1. The van der Waals surface area contributed by atoms with E-state index in [2.05, 4.69) is 0 Å². The fraction of sp³-hybridized carbons (Fsp3) is 0.562. The van der Waals surface area contributed by atoms with Gasteiger partial charge in [-0.15, -0.1) is 0 Å². The van der Waals surface area contributed by atoms with E-state index in [9.17, 15) is 9.90 Å². The lowest BCUT2D eigenvalue weighted by molar-refractivity contribution is -0.133. The van der Waals surface area contributed by atoms with Gasteiger partial charge < -0.3 is 19.5 Å². The maximum atomic E-state index is 12.2. The molecular formula is C16H23NO4. The van der Waals surface area contributed by atoms with Crippen LogP contribution in [-0.2, 0) is 4.79 Å². The lowest BCUT2D eigenvalue weighted by atomic mass is 10.1. The molecule has 1 aliphatic rings. The molecule has 1 saturated carbocycles. The van der Waals surface area contributed by atoms with E-state index in [1.807, 2.05) is 11.8 Å². The van der Waals surface area contributed by atoms with Crippen molar-refractivity contribution in [3.05, 3.63) is 23.8 Å². The summed E-state index contributed by atoms with van der Waals surface area (Å²) in [4.78, 5) is 14.0. The van der Waals surface area contributed by atoms with Gasteiger partial charge in [-0.1, -0.05) is 0 Å². The summed E-state index contributed by atoms with van der Waals surface area (Å²) in [5.74, 6) is 1.11. The Bertz CT molecular complexity index is 497. The summed E-state index contributed by atoms with van der Waals surface area (Å²) in [5, 5.41) is 9.77. The van der Waals surface area contributed by atoms with Crippen molar-refractivity contribution in [1.29, 1.82) is 0 Å². The van der Waals surface area contributed by atoms with Crippen LogP contribution in [0, 0.1) is 0 Å². The van der Waals surface area contributed by atoms with Gasteiger partial charge in [0.05, 0.1) is 13.2 Å². The predicted molar refractivity (Wildman–Crippen MR) is 79.5 cm³/mol. The Morgan fingerprint density at radius 2 is 2.19 bits per heavy atom. The molecule has 1 unspecified atom stereocenters. The van der Waals surface area contributed by atoms with Crippen LogP contribution < -0.4 is 9.47 Å². The highest BCUT2D eigenvalue weighted by Gasteiger charge is 2.31. The standard InChI is InChI=1S/C16H23NO4/c1-4-17(12-5-6-12)16(19)10-21-15-9-13(20-3)7-8-14(15)11(2)18/h7-9,11-12,18H,4-6,10H2,1-3H3. The molecule has 0 bridgehead atoms. The molecule has 2 rings (SSSR count). The highest BCUT2D eigenvalue weighted by Crippen LogP contribution is 2.30. The number of rotatable bonds is 7. The monoisotopic (exact) mass is 293 g/mol. The Labute approximate surface area is 125 Å². The first-order valence-corrected chi connectivity index (χ1v) is 7.35. The first kappa shape index (κ1) is 15.6. The fourth-order valence-electron chi connectivity index (χ4n) is 2.36. The number of likely N-dealkylation sites (N-methyl/N-ethyl adjacent to an activating group) is 1. The Morgan fingerprint density at radius 3 is 2.71 bits per heavy atom. The van der Waals surface area contributed by atoms with E-state index in [-0.39, 0.29) is 12.5 Å². The van der Waals surface area contributed by atoms with Crippen LogP contribution in [0.15, 0.2) is 18.2 Å². The Kier molecular flexibility index (Phi) is 5.07. The van der Waals surface area contributed by atoms with Crippen LogP contribution >= 0.6 is 0 Å². The highest BCUT2D eigenvalue weighted by molar-refractivity contribution is 5.78. The number of hydrogen-bond donors (Lipinski definition) is 1. The van der Waals surface area contributed by atoms with Crippen molar-refractivity contribution in [2.75, 3.05) is 20.3 Å². The summed E-state index contributed by atoms with van der Waals surface area (Å²) < 4.78 is 10.8. The second kappa shape index (κ2) is 6.80. The topological polar surface area (TPSA) is 59.0 Å². The van der Waals surface area contributed by atoms with Gasteiger partial charge in [0.25, 0.3) is 5.91 Å². The van der Waals surface area contributed by atoms with Crippen LogP contribution in [-0.4, -0.2) is 42.2 Å².